The topological polar surface area (TPSA) is 26.0 Å². The van der Waals surface area contributed by atoms with Gasteiger partial charge >= 0.3 is 0 Å². The van der Waals surface area contributed by atoms with E-state index in [2.05, 4.69) is 0 Å². The molecule has 0 amide bonds. The third-order valence-corrected chi connectivity index (χ3v) is 3.08. The van der Waals surface area contributed by atoms with Gasteiger partial charge < -0.3 is 5.73 Å². The first kappa shape index (κ1) is 11.8. The normalized spacial score (nSPS) is 10.6. The van der Waals surface area contributed by atoms with Crippen molar-refractivity contribution in [2.24, 2.45) is 5.73 Å². The highest BCUT2D eigenvalue weighted by Crippen LogP contribution is 2.25. The molecule has 0 saturated carbocycles. The lowest BCUT2D eigenvalue weighted by atomic mass is 9.98. The van der Waals surface area contributed by atoms with E-state index in [1.807, 2.05) is 38.1 Å². The molecule has 2 N–H and O–H groups in total. The Morgan fingerprint density at radius 2 is 1.76 bits per heavy atom. The van der Waals surface area contributed by atoms with Gasteiger partial charge in [-0.3, -0.25) is 0 Å². The molecule has 0 fully saturated rings. The SMILES string of the molecule is Cc1ccc(-c2cc(CN)ccc2F)cc1C. The van der Waals surface area contributed by atoms with Gasteiger partial charge in [-0.05, 0) is 48.2 Å². The molecule has 0 aliphatic heterocycles. The highest BCUT2D eigenvalue weighted by atomic mass is 19.1. The Morgan fingerprint density at radius 3 is 2.41 bits per heavy atom. The van der Waals surface area contributed by atoms with Crippen LogP contribution in [0, 0.1) is 19.7 Å². The summed E-state index contributed by atoms with van der Waals surface area (Å²) in [5.41, 5.74) is 10.4. The van der Waals surface area contributed by atoms with Crippen molar-refractivity contribution in [3.8, 4) is 11.1 Å². The van der Waals surface area contributed by atoms with Crippen LogP contribution < -0.4 is 5.73 Å². The Morgan fingerprint density at radius 1 is 1.00 bits per heavy atom. The summed E-state index contributed by atoms with van der Waals surface area (Å²) in [7, 11) is 0. The molecule has 2 rings (SSSR count). The summed E-state index contributed by atoms with van der Waals surface area (Å²) in [5, 5.41) is 0. The van der Waals surface area contributed by atoms with E-state index < -0.39 is 0 Å². The highest BCUT2D eigenvalue weighted by molar-refractivity contribution is 5.66. The first-order chi connectivity index (χ1) is 8.11. The van der Waals surface area contributed by atoms with E-state index in [-0.39, 0.29) is 5.82 Å². The van der Waals surface area contributed by atoms with Crippen LogP contribution in [0.4, 0.5) is 4.39 Å². The van der Waals surface area contributed by atoms with Gasteiger partial charge in [-0.25, -0.2) is 4.39 Å². The van der Waals surface area contributed by atoms with E-state index >= 15 is 0 Å². The molecule has 88 valence electrons. The van der Waals surface area contributed by atoms with Gasteiger partial charge in [0.1, 0.15) is 5.82 Å². The summed E-state index contributed by atoms with van der Waals surface area (Å²) in [6, 6.07) is 11.0. The van der Waals surface area contributed by atoms with Crippen molar-refractivity contribution in [1.29, 1.82) is 0 Å². The van der Waals surface area contributed by atoms with Crippen molar-refractivity contribution in [3.05, 3.63) is 58.9 Å². The molecule has 2 aromatic carbocycles. The number of nitrogens with two attached hydrogens (primary N) is 1. The quantitative estimate of drug-likeness (QED) is 0.837. The summed E-state index contributed by atoms with van der Waals surface area (Å²) in [4.78, 5) is 0. The molecule has 0 heterocycles. The van der Waals surface area contributed by atoms with E-state index in [0.29, 0.717) is 12.1 Å². The van der Waals surface area contributed by atoms with E-state index in [9.17, 15) is 4.39 Å². The molecule has 0 bridgehead atoms. The number of hydrogen-bond donors (Lipinski definition) is 1. The van der Waals surface area contributed by atoms with Gasteiger partial charge in [0, 0.05) is 12.1 Å². The molecule has 0 aliphatic carbocycles. The van der Waals surface area contributed by atoms with Crippen LogP contribution in [0.1, 0.15) is 16.7 Å². The smallest absolute Gasteiger partial charge is 0.131 e. The number of benzene rings is 2. The minimum atomic E-state index is -0.203. The summed E-state index contributed by atoms with van der Waals surface area (Å²) in [6.07, 6.45) is 0. The predicted molar refractivity (Wildman–Crippen MR) is 69.2 cm³/mol. The number of aryl methyl sites for hydroxylation is 2. The van der Waals surface area contributed by atoms with Crippen molar-refractivity contribution in [1.82, 2.24) is 0 Å². The van der Waals surface area contributed by atoms with Crippen LogP contribution in [0.3, 0.4) is 0 Å². The van der Waals surface area contributed by atoms with Crippen LogP contribution in [0.5, 0.6) is 0 Å². The molecule has 0 atom stereocenters. The van der Waals surface area contributed by atoms with Crippen molar-refractivity contribution < 1.29 is 4.39 Å². The molecule has 0 radical (unpaired) electrons. The zero-order valence-corrected chi connectivity index (χ0v) is 10.1. The van der Waals surface area contributed by atoms with Gasteiger partial charge in [0.2, 0.25) is 0 Å². The molecule has 0 saturated heterocycles. The van der Waals surface area contributed by atoms with Crippen LogP contribution in [-0.4, -0.2) is 0 Å². The first-order valence-electron chi connectivity index (χ1n) is 5.68. The average Bonchev–Trinajstić information content (AvgIpc) is 2.33. The molecule has 0 spiro atoms. The molecule has 17 heavy (non-hydrogen) atoms. The molecule has 0 aliphatic rings. The molecular weight excluding hydrogens is 213 g/mol. The summed E-state index contributed by atoms with van der Waals surface area (Å²) in [5.74, 6) is -0.203. The van der Waals surface area contributed by atoms with Crippen molar-refractivity contribution in [3.63, 3.8) is 0 Å². The maximum absolute atomic E-state index is 13.8. The van der Waals surface area contributed by atoms with Crippen LogP contribution in [-0.2, 0) is 6.54 Å². The third-order valence-electron chi connectivity index (χ3n) is 3.08. The minimum absolute atomic E-state index is 0.203. The second-order valence-corrected chi connectivity index (χ2v) is 4.32. The zero-order valence-electron chi connectivity index (χ0n) is 10.1. The van der Waals surface area contributed by atoms with E-state index in [1.54, 1.807) is 6.07 Å². The van der Waals surface area contributed by atoms with Crippen molar-refractivity contribution >= 4 is 0 Å². The lowest BCUT2D eigenvalue weighted by Gasteiger charge is -2.08. The average molecular weight is 229 g/mol. The summed E-state index contributed by atoms with van der Waals surface area (Å²) in [6.45, 7) is 4.51. The lowest BCUT2D eigenvalue weighted by Crippen LogP contribution is -1.97. The second kappa shape index (κ2) is 4.68. The highest BCUT2D eigenvalue weighted by Gasteiger charge is 2.06. The maximum atomic E-state index is 13.8. The Balaban J connectivity index is 2.55. The van der Waals surface area contributed by atoms with Crippen LogP contribution in [0.15, 0.2) is 36.4 Å². The van der Waals surface area contributed by atoms with Gasteiger partial charge in [0.05, 0.1) is 0 Å². The number of hydrogen-bond acceptors (Lipinski definition) is 1. The number of halogens is 1. The molecular formula is C15H16FN. The molecule has 0 unspecified atom stereocenters. The number of rotatable bonds is 2. The summed E-state index contributed by atoms with van der Waals surface area (Å²) >= 11 is 0. The van der Waals surface area contributed by atoms with Crippen LogP contribution >= 0.6 is 0 Å². The first-order valence-corrected chi connectivity index (χ1v) is 5.68. The van der Waals surface area contributed by atoms with E-state index in [4.69, 9.17) is 5.73 Å². The fourth-order valence-electron chi connectivity index (χ4n) is 1.83. The van der Waals surface area contributed by atoms with E-state index in [0.717, 1.165) is 11.1 Å². The van der Waals surface area contributed by atoms with E-state index in [1.165, 1.54) is 17.2 Å². The lowest BCUT2D eigenvalue weighted by molar-refractivity contribution is 0.630. The Labute approximate surface area is 101 Å². The monoisotopic (exact) mass is 229 g/mol. The summed E-state index contributed by atoms with van der Waals surface area (Å²) < 4.78 is 13.8. The van der Waals surface area contributed by atoms with Crippen LogP contribution in [0.2, 0.25) is 0 Å². The molecule has 0 aromatic heterocycles. The fourth-order valence-corrected chi connectivity index (χ4v) is 1.83. The van der Waals surface area contributed by atoms with Gasteiger partial charge in [-0.2, -0.15) is 0 Å². The largest absolute Gasteiger partial charge is 0.326 e. The Hall–Kier alpha value is -1.67. The van der Waals surface area contributed by atoms with Gasteiger partial charge in [0.15, 0.2) is 0 Å². The zero-order chi connectivity index (χ0) is 12.4. The third kappa shape index (κ3) is 2.37. The van der Waals surface area contributed by atoms with Gasteiger partial charge in [0.25, 0.3) is 0 Å². The standard InChI is InChI=1S/C15H16FN/c1-10-3-5-13(7-11(10)2)14-8-12(9-17)4-6-15(14)16/h3-8H,9,17H2,1-2H3. The fraction of sp³-hybridized carbons (Fsp3) is 0.200. The predicted octanol–water partition coefficient (Wildman–Crippen LogP) is 3.57. The van der Waals surface area contributed by atoms with Crippen molar-refractivity contribution in [2.75, 3.05) is 0 Å². The van der Waals surface area contributed by atoms with Crippen LogP contribution in [0.25, 0.3) is 11.1 Å². The molecule has 2 heteroatoms. The maximum Gasteiger partial charge on any atom is 0.131 e. The second-order valence-electron chi connectivity index (χ2n) is 4.32. The Kier molecular flexibility index (Phi) is 3.25. The molecule has 2 aromatic rings. The molecule has 1 nitrogen and oxygen atoms in total. The minimum Gasteiger partial charge on any atom is -0.326 e. The Bertz CT molecular complexity index is 547. The van der Waals surface area contributed by atoms with Crippen molar-refractivity contribution in [2.45, 2.75) is 20.4 Å². The van der Waals surface area contributed by atoms with Gasteiger partial charge in [-0.1, -0.05) is 24.3 Å². The van der Waals surface area contributed by atoms with Gasteiger partial charge in [-0.15, -0.1) is 0 Å².